The van der Waals surface area contributed by atoms with Crippen molar-refractivity contribution in [2.75, 3.05) is 46.9 Å². The van der Waals surface area contributed by atoms with Crippen LogP contribution in [0.2, 0.25) is 0 Å². The van der Waals surface area contributed by atoms with Crippen molar-refractivity contribution >= 4 is 5.97 Å². The SMILES string of the molecule is COC(=O)C1CN(CCC2CCCCN2C)CCO1. The second-order valence-corrected chi connectivity index (χ2v) is 5.60. The number of likely N-dealkylation sites (tertiary alicyclic amines) is 1. The van der Waals surface area contributed by atoms with Crippen LogP contribution in [0, 0.1) is 0 Å². The van der Waals surface area contributed by atoms with E-state index in [1.54, 1.807) is 0 Å². The number of hydrogen-bond acceptors (Lipinski definition) is 5. The van der Waals surface area contributed by atoms with Crippen molar-refractivity contribution in [1.82, 2.24) is 9.80 Å². The summed E-state index contributed by atoms with van der Waals surface area (Å²) in [5, 5.41) is 0. The third-order valence-electron chi connectivity index (χ3n) is 4.31. The van der Waals surface area contributed by atoms with Crippen LogP contribution in [0.15, 0.2) is 0 Å². The monoisotopic (exact) mass is 270 g/mol. The zero-order chi connectivity index (χ0) is 13.7. The molecular weight excluding hydrogens is 244 g/mol. The Balaban J connectivity index is 1.74. The average molecular weight is 270 g/mol. The standard InChI is InChI=1S/C14H26N2O3/c1-15-7-4-3-5-12(15)6-8-16-9-10-19-13(11-16)14(17)18-2/h12-13H,3-11H2,1-2H3. The van der Waals surface area contributed by atoms with E-state index < -0.39 is 6.10 Å². The summed E-state index contributed by atoms with van der Waals surface area (Å²) < 4.78 is 10.2. The van der Waals surface area contributed by atoms with Crippen LogP contribution in [0.5, 0.6) is 0 Å². The van der Waals surface area contributed by atoms with Gasteiger partial charge in [0.05, 0.1) is 13.7 Å². The summed E-state index contributed by atoms with van der Waals surface area (Å²) in [5.74, 6) is -0.250. The second-order valence-electron chi connectivity index (χ2n) is 5.60. The highest BCUT2D eigenvalue weighted by molar-refractivity contribution is 5.74. The molecule has 0 bridgehead atoms. The number of rotatable bonds is 4. The van der Waals surface area contributed by atoms with Crippen LogP contribution in [-0.2, 0) is 14.3 Å². The van der Waals surface area contributed by atoms with Crippen LogP contribution >= 0.6 is 0 Å². The predicted octanol–water partition coefficient (Wildman–Crippen LogP) is 0.735. The summed E-state index contributed by atoms with van der Waals surface area (Å²) in [5.41, 5.74) is 0. The first-order valence-electron chi connectivity index (χ1n) is 7.32. The third-order valence-corrected chi connectivity index (χ3v) is 4.31. The molecule has 2 saturated heterocycles. The molecule has 5 nitrogen and oxygen atoms in total. The fourth-order valence-corrected chi connectivity index (χ4v) is 3.02. The van der Waals surface area contributed by atoms with Gasteiger partial charge in [-0.05, 0) is 39.4 Å². The number of ether oxygens (including phenoxy) is 2. The van der Waals surface area contributed by atoms with Crippen LogP contribution in [0.25, 0.3) is 0 Å². The van der Waals surface area contributed by atoms with Gasteiger partial charge in [-0.15, -0.1) is 0 Å². The van der Waals surface area contributed by atoms with Crippen LogP contribution < -0.4 is 0 Å². The quantitative estimate of drug-likeness (QED) is 0.705. The Morgan fingerprint density at radius 1 is 1.37 bits per heavy atom. The minimum Gasteiger partial charge on any atom is -0.467 e. The molecule has 0 N–H and O–H groups in total. The Morgan fingerprint density at radius 3 is 2.95 bits per heavy atom. The molecule has 0 aromatic carbocycles. The van der Waals surface area contributed by atoms with Crippen LogP contribution in [0.3, 0.4) is 0 Å². The molecule has 0 aromatic heterocycles. The summed E-state index contributed by atoms with van der Waals surface area (Å²) >= 11 is 0. The molecule has 2 aliphatic rings. The van der Waals surface area contributed by atoms with Gasteiger partial charge in [-0.2, -0.15) is 0 Å². The van der Waals surface area contributed by atoms with Gasteiger partial charge in [0.15, 0.2) is 6.10 Å². The Hall–Kier alpha value is -0.650. The van der Waals surface area contributed by atoms with Gasteiger partial charge >= 0.3 is 5.97 Å². The molecule has 2 atom stereocenters. The van der Waals surface area contributed by atoms with Crippen molar-refractivity contribution in [2.45, 2.75) is 37.8 Å². The molecule has 0 saturated carbocycles. The Morgan fingerprint density at radius 2 is 2.21 bits per heavy atom. The fraction of sp³-hybridized carbons (Fsp3) is 0.929. The van der Waals surface area contributed by atoms with Gasteiger partial charge in [0, 0.05) is 19.1 Å². The van der Waals surface area contributed by atoms with Crippen molar-refractivity contribution in [1.29, 1.82) is 0 Å². The number of esters is 1. The first-order chi connectivity index (χ1) is 9.20. The van der Waals surface area contributed by atoms with Gasteiger partial charge in [-0.3, -0.25) is 4.90 Å². The normalized spacial score (nSPS) is 30.2. The maximum Gasteiger partial charge on any atom is 0.336 e. The van der Waals surface area contributed by atoms with Gasteiger partial charge < -0.3 is 14.4 Å². The largest absolute Gasteiger partial charge is 0.467 e. The first kappa shape index (κ1) is 14.8. The van der Waals surface area contributed by atoms with Crippen molar-refractivity contribution in [2.24, 2.45) is 0 Å². The van der Waals surface area contributed by atoms with Gasteiger partial charge in [-0.25, -0.2) is 4.79 Å². The summed E-state index contributed by atoms with van der Waals surface area (Å²) in [6.45, 7) is 4.48. The Kier molecular flexibility index (Phi) is 5.60. The average Bonchev–Trinajstić information content (AvgIpc) is 2.46. The summed E-state index contributed by atoms with van der Waals surface area (Å²) in [6, 6.07) is 0.702. The van der Waals surface area contributed by atoms with Crippen molar-refractivity contribution in [3.63, 3.8) is 0 Å². The molecule has 2 fully saturated rings. The highest BCUT2D eigenvalue weighted by Crippen LogP contribution is 2.18. The Bertz CT molecular complexity index is 298. The maximum atomic E-state index is 11.5. The lowest BCUT2D eigenvalue weighted by Crippen LogP contribution is -2.48. The van der Waals surface area contributed by atoms with Gasteiger partial charge in [0.1, 0.15) is 0 Å². The van der Waals surface area contributed by atoms with E-state index in [1.165, 1.54) is 39.3 Å². The molecule has 110 valence electrons. The molecule has 2 rings (SSSR count). The van der Waals surface area contributed by atoms with E-state index in [4.69, 9.17) is 9.47 Å². The number of carbonyl (C=O) groups excluding carboxylic acids is 1. The van der Waals surface area contributed by atoms with Gasteiger partial charge in [-0.1, -0.05) is 6.42 Å². The number of morpholine rings is 1. The van der Waals surface area contributed by atoms with Crippen LogP contribution in [-0.4, -0.2) is 74.9 Å². The predicted molar refractivity (Wildman–Crippen MR) is 73.1 cm³/mol. The minimum atomic E-state index is -0.400. The molecule has 2 heterocycles. The second kappa shape index (κ2) is 7.22. The fourth-order valence-electron chi connectivity index (χ4n) is 3.02. The molecule has 0 aromatic rings. The molecule has 2 aliphatic heterocycles. The van der Waals surface area contributed by atoms with Gasteiger partial charge in [0.2, 0.25) is 0 Å². The van der Waals surface area contributed by atoms with E-state index in [9.17, 15) is 4.79 Å². The van der Waals surface area contributed by atoms with Crippen LogP contribution in [0.1, 0.15) is 25.7 Å². The highest BCUT2D eigenvalue weighted by Gasteiger charge is 2.28. The molecule has 19 heavy (non-hydrogen) atoms. The zero-order valence-electron chi connectivity index (χ0n) is 12.1. The number of hydrogen-bond donors (Lipinski definition) is 0. The highest BCUT2D eigenvalue weighted by atomic mass is 16.6. The van der Waals surface area contributed by atoms with E-state index >= 15 is 0 Å². The minimum absolute atomic E-state index is 0.250. The van der Waals surface area contributed by atoms with E-state index in [0.717, 1.165) is 13.1 Å². The topological polar surface area (TPSA) is 42.0 Å². The smallest absolute Gasteiger partial charge is 0.336 e. The first-order valence-corrected chi connectivity index (χ1v) is 7.32. The molecular formula is C14H26N2O3. The van der Waals surface area contributed by atoms with Crippen LogP contribution in [0.4, 0.5) is 0 Å². The van der Waals surface area contributed by atoms with Crippen molar-refractivity contribution < 1.29 is 14.3 Å². The molecule has 5 heteroatoms. The summed E-state index contributed by atoms with van der Waals surface area (Å²) in [6.07, 6.45) is 4.77. The van der Waals surface area contributed by atoms with E-state index in [0.29, 0.717) is 19.2 Å². The lowest BCUT2D eigenvalue weighted by Gasteiger charge is -2.36. The van der Waals surface area contributed by atoms with Crippen molar-refractivity contribution in [3.05, 3.63) is 0 Å². The Labute approximate surface area is 115 Å². The van der Waals surface area contributed by atoms with E-state index in [2.05, 4.69) is 16.8 Å². The lowest BCUT2D eigenvalue weighted by atomic mass is 10.00. The molecule has 0 aliphatic carbocycles. The van der Waals surface area contributed by atoms with Gasteiger partial charge in [0.25, 0.3) is 0 Å². The number of carbonyl (C=O) groups is 1. The summed E-state index contributed by atoms with van der Waals surface area (Å²) in [7, 11) is 3.64. The van der Waals surface area contributed by atoms with Crippen molar-refractivity contribution in [3.8, 4) is 0 Å². The number of piperidine rings is 1. The number of methoxy groups -OCH3 is 1. The zero-order valence-corrected chi connectivity index (χ0v) is 12.1. The molecule has 0 spiro atoms. The summed E-state index contributed by atoms with van der Waals surface area (Å²) in [4.78, 5) is 16.3. The van der Waals surface area contributed by atoms with E-state index in [-0.39, 0.29) is 5.97 Å². The lowest BCUT2D eigenvalue weighted by molar-refractivity contribution is -0.159. The van der Waals surface area contributed by atoms with E-state index in [1.807, 2.05) is 0 Å². The molecule has 0 amide bonds. The number of nitrogens with zero attached hydrogens (tertiary/aromatic N) is 2. The maximum absolute atomic E-state index is 11.5. The third kappa shape index (κ3) is 4.16. The molecule has 0 radical (unpaired) electrons. The molecule has 2 unspecified atom stereocenters.